The Morgan fingerprint density at radius 3 is 2.68 bits per heavy atom. The zero-order valence-corrected chi connectivity index (χ0v) is 12.1. The Kier molecular flexibility index (Phi) is 2.94. The molecule has 3 rings (SSSR count). The number of rotatable bonds is 2. The van der Waals surface area contributed by atoms with E-state index in [1.807, 2.05) is 0 Å². The quantitative estimate of drug-likeness (QED) is 0.753. The SMILES string of the molecule is COC1=CC2C3=C[C@@H](OC)CC=C3C(C)(C)C2C=C1. The fourth-order valence-electron chi connectivity index (χ4n) is 3.74. The number of allylic oxidation sites excluding steroid dienone is 5. The summed E-state index contributed by atoms with van der Waals surface area (Å²) in [6.07, 6.45) is 12.6. The summed E-state index contributed by atoms with van der Waals surface area (Å²) in [7, 11) is 3.52. The Hall–Kier alpha value is -1.28. The van der Waals surface area contributed by atoms with Crippen LogP contribution in [-0.2, 0) is 9.47 Å². The molecule has 2 unspecified atom stereocenters. The van der Waals surface area contributed by atoms with Gasteiger partial charge in [-0.2, -0.15) is 0 Å². The van der Waals surface area contributed by atoms with Crippen LogP contribution >= 0.6 is 0 Å². The van der Waals surface area contributed by atoms with Gasteiger partial charge in [-0.25, -0.2) is 0 Å². The van der Waals surface area contributed by atoms with Crippen molar-refractivity contribution in [3.8, 4) is 0 Å². The molecular formula is C17H22O2. The van der Waals surface area contributed by atoms with E-state index >= 15 is 0 Å². The maximum Gasteiger partial charge on any atom is 0.115 e. The van der Waals surface area contributed by atoms with Crippen LogP contribution in [-0.4, -0.2) is 20.3 Å². The van der Waals surface area contributed by atoms with E-state index in [9.17, 15) is 0 Å². The highest BCUT2D eigenvalue weighted by atomic mass is 16.5. The summed E-state index contributed by atoms with van der Waals surface area (Å²) in [5.74, 6) is 1.93. The lowest BCUT2D eigenvalue weighted by Gasteiger charge is -2.29. The van der Waals surface area contributed by atoms with E-state index in [-0.39, 0.29) is 11.5 Å². The van der Waals surface area contributed by atoms with Crippen molar-refractivity contribution in [2.45, 2.75) is 26.4 Å². The van der Waals surface area contributed by atoms with E-state index in [4.69, 9.17) is 9.47 Å². The first kappa shape index (κ1) is 12.7. The molecule has 1 fully saturated rings. The summed E-state index contributed by atoms with van der Waals surface area (Å²) in [6, 6.07) is 0. The highest BCUT2D eigenvalue weighted by Gasteiger charge is 2.48. The molecule has 0 saturated heterocycles. The maximum absolute atomic E-state index is 5.51. The fraction of sp³-hybridized carbons (Fsp3) is 0.529. The third kappa shape index (κ3) is 1.81. The summed E-state index contributed by atoms with van der Waals surface area (Å²) in [5.41, 5.74) is 3.13. The molecule has 102 valence electrons. The van der Waals surface area contributed by atoms with E-state index < -0.39 is 0 Å². The van der Waals surface area contributed by atoms with Crippen molar-refractivity contribution in [1.82, 2.24) is 0 Å². The lowest BCUT2D eigenvalue weighted by Crippen LogP contribution is -2.22. The standard InChI is InChI=1S/C17H22O2/c1-17(2)15-7-5-11(18-3)9-13(15)14-10-12(19-4)6-8-16(14)17/h5,7-10,12-13,15H,6H2,1-4H3/t12-,13?,15?/m0/s1. The number of hydrogen-bond acceptors (Lipinski definition) is 2. The van der Waals surface area contributed by atoms with Gasteiger partial charge in [-0.3, -0.25) is 0 Å². The topological polar surface area (TPSA) is 18.5 Å². The summed E-state index contributed by atoms with van der Waals surface area (Å²) in [5, 5.41) is 0. The van der Waals surface area contributed by atoms with Crippen LogP contribution in [0.1, 0.15) is 20.3 Å². The Bertz CT molecular complexity index is 505. The van der Waals surface area contributed by atoms with Gasteiger partial charge >= 0.3 is 0 Å². The van der Waals surface area contributed by atoms with E-state index in [0.29, 0.717) is 11.8 Å². The predicted molar refractivity (Wildman–Crippen MR) is 76.6 cm³/mol. The average Bonchev–Trinajstić information content (AvgIpc) is 2.66. The molecule has 0 heterocycles. The molecule has 0 amide bonds. The van der Waals surface area contributed by atoms with Crippen LogP contribution in [0.5, 0.6) is 0 Å². The molecule has 3 atom stereocenters. The minimum Gasteiger partial charge on any atom is -0.497 e. The highest BCUT2D eigenvalue weighted by molar-refractivity contribution is 5.52. The van der Waals surface area contributed by atoms with Crippen molar-refractivity contribution in [3.05, 3.63) is 47.3 Å². The first-order valence-corrected chi connectivity index (χ1v) is 6.97. The fourth-order valence-corrected chi connectivity index (χ4v) is 3.74. The Balaban J connectivity index is 2.06. The number of hydrogen-bond donors (Lipinski definition) is 0. The van der Waals surface area contributed by atoms with E-state index in [1.54, 1.807) is 14.2 Å². The van der Waals surface area contributed by atoms with Gasteiger partial charge in [0.2, 0.25) is 0 Å². The third-order valence-electron chi connectivity index (χ3n) is 4.85. The summed E-state index contributed by atoms with van der Waals surface area (Å²) in [6.45, 7) is 4.70. The largest absolute Gasteiger partial charge is 0.497 e. The predicted octanol–water partition coefficient (Wildman–Crippen LogP) is 3.63. The van der Waals surface area contributed by atoms with Crippen LogP contribution in [0.4, 0.5) is 0 Å². The van der Waals surface area contributed by atoms with Gasteiger partial charge in [0.05, 0.1) is 13.2 Å². The molecule has 0 radical (unpaired) electrons. The highest BCUT2D eigenvalue weighted by Crippen LogP contribution is 2.57. The van der Waals surface area contributed by atoms with Crippen LogP contribution in [0.25, 0.3) is 0 Å². The second-order valence-electron chi connectivity index (χ2n) is 6.16. The number of methoxy groups -OCH3 is 2. The molecule has 0 aliphatic heterocycles. The van der Waals surface area contributed by atoms with Crippen LogP contribution in [0.3, 0.4) is 0 Å². The zero-order chi connectivity index (χ0) is 13.6. The number of ether oxygens (including phenoxy) is 2. The van der Waals surface area contributed by atoms with Crippen molar-refractivity contribution in [3.63, 3.8) is 0 Å². The van der Waals surface area contributed by atoms with Crippen LogP contribution < -0.4 is 0 Å². The third-order valence-corrected chi connectivity index (χ3v) is 4.85. The molecule has 0 N–H and O–H groups in total. The molecule has 0 aromatic rings. The van der Waals surface area contributed by atoms with E-state index in [0.717, 1.165) is 12.2 Å². The molecule has 1 saturated carbocycles. The Morgan fingerprint density at radius 2 is 2.00 bits per heavy atom. The molecule has 2 nitrogen and oxygen atoms in total. The van der Waals surface area contributed by atoms with Crippen molar-refractivity contribution in [1.29, 1.82) is 0 Å². The van der Waals surface area contributed by atoms with Gasteiger partial charge in [0.15, 0.2) is 0 Å². The second kappa shape index (κ2) is 4.38. The molecule has 3 aliphatic rings. The van der Waals surface area contributed by atoms with Crippen molar-refractivity contribution in [2.24, 2.45) is 17.3 Å². The molecule has 3 aliphatic carbocycles. The van der Waals surface area contributed by atoms with E-state index in [2.05, 4.69) is 44.2 Å². The van der Waals surface area contributed by atoms with Gasteiger partial charge in [-0.15, -0.1) is 0 Å². The molecular weight excluding hydrogens is 236 g/mol. The van der Waals surface area contributed by atoms with Gasteiger partial charge in [0.25, 0.3) is 0 Å². The molecule has 19 heavy (non-hydrogen) atoms. The Morgan fingerprint density at radius 1 is 1.21 bits per heavy atom. The minimum absolute atomic E-state index is 0.196. The summed E-state index contributed by atoms with van der Waals surface area (Å²) >= 11 is 0. The first-order valence-electron chi connectivity index (χ1n) is 6.97. The average molecular weight is 258 g/mol. The van der Waals surface area contributed by atoms with Gasteiger partial charge in [-0.1, -0.05) is 32.1 Å². The van der Waals surface area contributed by atoms with Crippen LogP contribution in [0, 0.1) is 17.3 Å². The van der Waals surface area contributed by atoms with Gasteiger partial charge in [0.1, 0.15) is 5.76 Å². The minimum atomic E-state index is 0.196. The van der Waals surface area contributed by atoms with Crippen molar-refractivity contribution in [2.75, 3.05) is 14.2 Å². The van der Waals surface area contributed by atoms with Gasteiger partial charge in [0, 0.05) is 13.0 Å². The molecule has 0 bridgehead atoms. The van der Waals surface area contributed by atoms with Crippen LogP contribution in [0.15, 0.2) is 47.3 Å². The first-order chi connectivity index (χ1) is 9.07. The molecule has 0 aromatic carbocycles. The van der Waals surface area contributed by atoms with Crippen molar-refractivity contribution >= 4 is 0 Å². The zero-order valence-electron chi connectivity index (χ0n) is 12.1. The van der Waals surface area contributed by atoms with Crippen LogP contribution in [0.2, 0.25) is 0 Å². The van der Waals surface area contributed by atoms with Crippen molar-refractivity contribution < 1.29 is 9.47 Å². The maximum atomic E-state index is 5.51. The van der Waals surface area contributed by atoms with Gasteiger partial charge in [-0.05, 0) is 41.1 Å². The van der Waals surface area contributed by atoms with E-state index in [1.165, 1.54) is 11.1 Å². The normalized spacial score (nSPS) is 34.9. The molecule has 0 spiro atoms. The monoisotopic (exact) mass is 258 g/mol. The summed E-state index contributed by atoms with van der Waals surface area (Å²) in [4.78, 5) is 0. The summed E-state index contributed by atoms with van der Waals surface area (Å²) < 4.78 is 10.9. The molecule has 0 aromatic heterocycles. The van der Waals surface area contributed by atoms with Gasteiger partial charge < -0.3 is 9.47 Å². The lowest BCUT2D eigenvalue weighted by molar-refractivity contribution is 0.141. The number of fused-ring (bicyclic) bond motifs is 3. The Labute approximate surface area is 115 Å². The molecule has 2 heteroatoms. The lowest BCUT2D eigenvalue weighted by atomic mass is 9.75. The second-order valence-corrected chi connectivity index (χ2v) is 6.16. The smallest absolute Gasteiger partial charge is 0.115 e.